The molecule has 8 nitrogen and oxygen atoms in total. The lowest BCUT2D eigenvalue weighted by Gasteiger charge is -2.34. The van der Waals surface area contributed by atoms with Crippen LogP contribution in [0.4, 0.5) is 4.39 Å². The number of fused-ring (bicyclic) bond motifs is 1. The number of aromatic nitrogens is 2. The third kappa shape index (κ3) is 5.05. The number of rotatable bonds is 8. The Kier molecular flexibility index (Phi) is 6.65. The summed E-state index contributed by atoms with van der Waals surface area (Å²) in [5, 5.41) is 5.65. The van der Waals surface area contributed by atoms with Gasteiger partial charge in [-0.05, 0) is 18.2 Å². The van der Waals surface area contributed by atoms with Crippen molar-refractivity contribution in [3.8, 4) is 5.75 Å². The Balaban J connectivity index is 1.32. The van der Waals surface area contributed by atoms with E-state index >= 15 is 0 Å². The van der Waals surface area contributed by atoms with E-state index in [-0.39, 0.29) is 30.6 Å². The highest BCUT2D eigenvalue weighted by Crippen LogP contribution is 2.19. The Bertz CT molecular complexity index is 1120. The number of amides is 2. The first-order valence-electron chi connectivity index (χ1n) is 10.6. The maximum atomic E-state index is 14.1. The van der Waals surface area contributed by atoms with E-state index in [9.17, 15) is 14.0 Å². The lowest BCUT2D eigenvalue weighted by Crippen LogP contribution is -2.56. The van der Waals surface area contributed by atoms with Gasteiger partial charge in [0.05, 0.1) is 30.6 Å². The van der Waals surface area contributed by atoms with Crippen LogP contribution >= 0.6 is 0 Å². The fourth-order valence-electron chi connectivity index (χ4n) is 3.87. The molecule has 0 spiro atoms. The van der Waals surface area contributed by atoms with Gasteiger partial charge in [-0.1, -0.05) is 18.2 Å². The van der Waals surface area contributed by atoms with Crippen molar-refractivity contribution in [3.63, 3.8) is 0 Å². The largest absolute Gasteiger partial charge is 0.497 e. The molecule has 2 amide bonds. The standard InChI is InChI=1S/C23H26FN5O3/c1-32-16-6-7-18-19(12-16)28-21(27-18)8-9-25-22(30)13-20-23(31)26-10-11-29(20)14-15-4-2-3-5-17(15)24/h2-7,12,20H,8-11,13-14H2,1H3,(H,25,30)(H,26,31)(H,27,28). The van der Waals surface area contributed by atoms with E-state index in [1.807, 2.05) is 23.1 Å². The van der Waals surface area contributed by atoms with Gasteiger partial charge in [0.15, 0.2) is 0 Å². The van der Waals surface area contributed by atoms with E-state index in [0.717, 1.165) is 22.6 Å². The number of ether oxygens (including phenoxy) is 1. The van der Waals surface area contributed by atoms with Crippen molar-refractivity contribution < 1.29 is 18.7 Å². The highest BCUT2D eigenvalue weighted by molar-refractivity contribution is 5.88. The summed E-state index contributed by atoms with van der Waals surface area (Å²) in [6.45, 7) is 1.70. The minimum atomic E-state index is -0.637. The van der Waals surface area contributed by atoms with Gasteiger partial charge in [0.1, 0.15) is 17.4 Å². The number of nitrogens with zero attached hydrogens (tertiary/aromatic N) is 2. The van der Waals surface area contributed by atoms with Gasteiger partial charge >= 0.3 is 0 Å². The van der Waals surface area contributed by atoms with Gasteiger partial charge in [0.25, 0.3) is 0 Å². The van der Waals surface area contributed by atoms with E-state index in [1.165, 1.54) is 6.07 Å². The van der Waals surface area contributed by atoms with E-state index in [2.05, 4.69) is 20.6 Å². The van der Waals surface area contributed by atoms with Crippen LogP contribution in [0.25, 0.3) is 11.0 Å². The molecule has 32 heavy (non-hydrogen) atoms. The average molecular weight is 439 g/mol. The fourth-order valence-corrected chi connectivity index (χ4v) is 3.87. The number of methoxy groups -OCH3 is 1. The first-order chi connectivity index (χ1) is 15.5. The molecule has 3 aromatic rings. The normalized spacial score (nSPS) is 16.7. The number of benzene rings is 2. The average Bonchev–Trinajstić information content (AvgIpc) is 3.19. The number of nitrogens with one attached hydrogen (secondary N) is 3. The Morgan fingerprint density at radius 1 is 1.31 bits per heavy atom. The molecule has 0 aliphatic carbocycles. The molecule has 1 aliphatic rings. The topological polar surface area (TPSA) is 99.3 Å². The lowest BCUT2D eigenvalue weighted by atomic mass is 10.1. The molecule has 1 atom stereocenters. The maximum Gasteiger partial charge on any atom is 0.237 e. The first-order valence-corrected chi connectivity index (χ1v) is 10.6. The number of carbonyl (C=O) groups is 2. The first kappa shape index (κ1) is 21.8. The number of H-pyrrole nitrogens is 1. The van der Waals surface area contributed by atoms with Crippen LogP contribution in [0.1, 0.15) is 17.8 Å². The number of hydrogen-bond acceptors (Lipinski definition) is 5. The molecule has 3 N–H and O–H groups in total. The lowest BCUT2D eigenvalue weighted by molar-refractivity contribution is -0.134. The van der Waals surface area contributed by atoms with Gasteiger partial charge in [-0.25, -0.2) is 9.37 Å². The monoisotopic (exact) mass is 439 g/mol. The summed E-state index contributed by atoms with van der Waals surface area (Å²) in [4.78, 5) is 34.5. The van der Waals surface area contributed by atoms with Crippen LogP contribution in [0, 0.1) is 5.82 Å². The van der Waals surface area contributed by atoms with Gasteiger partial charge in [-0.2, -0.15) is 0 Å². The summed E-state index contributed by atoms with van der Waals surface area (Å²) < 4.78 is 19.3. The number of halogens is 1. The smallest absolute Gasteiger partial charge is 0.237 e. The van der Waals surface area contributed by atoms with E-state index < -0.39 is 6.04 Å². The van der Waals surface area contributed by atoms with Crippen molar-refractivity contribution in [3.05, 3.63) is 59.7 Å². The number of piperazine rings is 1. The summed E-state index contributed by atoms with van der Waals surface area (Å²) in [6.07, 6.45) is 0.538. The van der Waals surface area contributed by atoms with Gasteiger partial charge in [0.2, 0.25) is 11.8 Å². The molecular weight excluding hydrogens is 413 g/mol. The van der Waals surface area contributed by atoms with Crippen molar-refractivity contribution in [2.75, 3.05) is 26.7 Å². The second-order valence-corrected chi connectivity index (χ2v) is 7.74. The summed E-state index contributed by atoms with van der Waals surface area (Å²) >= 11 is 0. The van der Waals surface area contributed by atoms with Gasteiger partial charge in [-0.15, -0.1) is 0 Å². The Morgan fingerprint density at radius 2 is 2.16 bits per heavy atom. The second-order valence-electron chi connectivity index (χ2n) is 7.74. The van der Waals surface area contributed by atoms with Gasteiger partial charge in [0, 0.05) is 44.2 Å². The third-order valence-corrected chi connectivity index (χ3v) is 5.57. The van der Waals surface area contributed by atoms with E-state index in [0.29, 0.717) is 31.6 Å². The van der Waals surface area contributed by atoms with Crippen molar-refractivity contribution in [2.24, 2.45) is 0 Å². The van der Waals surface area contributed by atoms with Gasteiger partial charge in [-0.3, -0.25) is 14.5 Å². The zero-order chi connectivity index (χ0) is 22.5. The van der Waals surface area contributed by atoms with E-state index in [1.54, 1.807) is 25.3 Å². The highest BCUT2D eigenvalue weighted by Gasteiger charge is 2.31. The molecule has 1 unspecified atom stereocenters. The van der Waals surface area contributed by atoms with Crippen LogP contribution < -0.4 is 15.4 Å². The van der Waals surface area contributed by atoms with Crippen molar-refractivity contribution >= 4 is 22.8 Å². The molecule has 1 aliphatic heterocycles. The van der Waals surface area contributed by atoms with Crippen molar-refractivity contribution in [1.29, 1.82) is 0 Å². The number of imidazole rings is 1. The predicted molar refractivity (Wildman–Crippen MR) is 118 cm³/mol. The second kappa shape index (κ2) is 9.78. The molecule has 1 aromatic heterocycles. The molecule has 2 heterocycles. The van der Waals surface area contributed by atoms with Crippen molar-refractivity contribution in [1.82, 2.24) is 25.5 Å². The van der Waals surface area contributed by atoms with Crippen LogP contribution in [-0.2, 0) is 22.6 Å². The molecule has 9 heteroatoms. The van der Waals surface area contributed by atoms with E-state index in [4.69, 9.17) is 4.74 Å². The predicted octanol–water partition coefficient (Wildman–Crippen LogP) is 1.76. The molecule has 4 rings (SSSR count). The fraction of sp³-hybridized carbons (Fsp3) is 0.348. The van der Waals surface area contributed by atoms with Gasteiger partial charge < -0.3 is 20.4 Å². The number of hydrogen-bond donors (Lipinski definition) is 3. The quantitative estimate of drug-likeness (QED) is 0.497. The Morgan fingerprint density at radius 3 is 2.97 bits per heavy atom. The van der Waals surface area contributed by atoms with Crippen LogP contribution in [0.15, 0.2) is 42.5 Å². The van der Waals surface area contributed by atoms with Crippen LogP contribution in [0.2, 0.25) is 0 Å². The molecule has 2 aromatic carbocycles. The van der Waals surface area contributed by atoms with Crippen LogP contribution in [0.5, 0.6) is 5.75 Å². The summed E-state index contributed by atoms with van der Waals surface area (Å²) in [6, 6.07) is 11.4. The molecule has 0 radical (unpaired) electrons. The Hall–Kier alpha value is -3.46. The molecule has 168 valence electrons. The molecule has 1 saturated heterocycles. The molecule has 0 bridgehead atoms. The minimum absolute atomic E-state index is 0.0115. The zero-order valence-corrected chi connectivity index (χ0v) is 17.9. The SMILES string of the molecule is COc1ccc2nc(CCNC(=O)CC3C(=O)NCCN3Cc3ccccc3F)[nH]c2c1. The number of aromatic amines is 1. The summed E-state index contributed by atoms with van der Waals surface area (Å²) in [7, 11) is 1.61. The summed E-state index contributed by atoms with van der Waals surface area (Å²) in [5.74, 6) is 0.735. The molecule has 1 fully saturated rings. The minimum Gasteiger partial charge on any atom is -0.497 e. The third-order valence-electron chi connectivity index (χ3n) is 5.57. The summed E-state index contributed by atoms with van der Waals surface area (Å²) in [5.41, 5.74) is 2.21. The highest BCUT2D eigenvalue weighted by atomic mass is 19.1. The number of carbonyl (C=O) groups excluding carboxylic acids is 2. The molecule has 0 saturated carbocycles. The van der Waals surface area contributed by atoms with Crippen LogP contribution in [-0.4, -0.2) is 59.5 Å². The molecular formula is C23H26FN5O3. The Labute approximate surface area is 185 Å². The zero-order valence-electron chi connectivity index (χ0n) is 17.9. The van der Waals surface area contributed by atoms with Crippen molar-refractivity contribution in [2.45, 2.75) is 25.4 Å². The van der Waals surface area contributed by atoms with Crippen LogP contribution in [0.3, 0.4) is 0 Å². The maximum absolute atomic E-state index is 14.1.